The minimum Gasteiger partial charge on any atom is -0.323 e. The zero-order valence-electron chi connectivity index (χ0n) is 16.4. The van der Waals surface area contributed by atoms with Crippen LogP contribution in [0.25, 0.3) is 12.2 Å². The Morgan fingerprint density at radius 3 is 1.19 bits per heavy atom. The monoisotopic (exact) mass is 504 g/mol. The summed E-state index contributed by atoms with van der Waals surface area (Å²) >= 11 is 24.3. The molecule has 4 nitrogen and oxygen atoms in total. The Morgan fingerprint density at radius 1 is 0.562 bits per heavy atom. The second kappa shape index (κ2) is 11.2. The first kappa shape index (κ1) is 23.9. The maximum atomic E-state index is 12.2. The molecule has 3 aromatic carbocycles. The summed E-state index contributed by atoms with van der Waals surface area (Å²) in [6, 6.07) is 16.9. The van der Waals surface area contributed by atoms with E-state index in [1.807, 2.05) is 0 Å². The molecule has 0 saturated carbocycles. The van der Waals surface area contributed by atoms with Crippen LogP contribution in [0.3, 0.4) is 0 Å². The standard InChI is InChI=1S/C24H16Cl4N2O2/c25-19-3-1-4-20(26)17(19)11-13-23(31)29-15-7-9-16(10-8-15)30-24(32)14-12-18-21(27)5-2-6-22(18)28/h1-14H,(H,29,31)(H,30,32). The normalized spacial score (nSPS) is 11.1. The summed E-state index contributed by atoms with van der Waals surface area (Å²) < 4.78 is 0. The van der Waals surface area contributed by atoms with Gasteiger partial charge in [-0.3, -0.25) is 9.59 Å². The lowest BCUT2D eigenvalue weighted by Gasteiger charge is -2.06. The molecule has 162 valence electrons. The number of rotatable bonds is 6. The van der Waals surface area contributed by atoms with Gasteiger partial charge in [0.2, 0.25) is 11.8 Å². The number of halogens is 4. The van der Waals surface area contributed by atoms with Crippen molar-refractivity contribution >= 4 is 81.7 Å². The molecule has 0 unspecified atom stereocenters. The second-order valence-electron chi connectivity index (χ2n) is 6.49. The van der Waals surface area contributed by atoms with Crippen LogP contribution in [0.4, 0.5) is 11.4 Å². The lowest BCUT2D eigenvalue weighted by atomic mass is 10.2. The van der Waals surface area contributed by atoms with Gasteiger partial charge in [-0.1, -0.05) is 58.5 Å². The van der Waals surface area contributed by atoms with Crippen molar-refractivity contribution in [3.8, 4) is 0 Å². The second-order valence-corrected chi connectivity index (χ2v) is 8.12. The molecule has 0 spiro atoms. The molecule has 0 aliphatic rings. The quantitative estimate of drug-likeness (QED) is 0.339. The summed E-state index contributed by atoms with van der Waals surface area (Å²) in [5, 5.41) is 7.25. The van der Waals surface area contributed by atoms with Crippen LogP contribution in [0.2, 0.25) is 20.1 Å². The predicted octanol–water partition coefficient (Wildman–Crippen LogP) is 7.60. The van der Waals surface area contributed by atoms with Gasteiger partial charge in [0.15, 0.2) is 0 Å². The number of hydrogen-bond donors (Lipinski definition) is 2. The Morgan fingerprint density at radius 2 is 0.875 bits per heavy atom. The molecule has 0 fully saturated rings. The maximum Gasteiger partial charge on any atom is 0.248 e. The minimum absolute atomic E-state index is 0.350. The van der Waals surface area contributed by atoms with Crippen molar-refractivity contribution in [3.05, 3.63) is 104 Å². The van der Waals surface area contributed by atoms with E-state index in [-0.39, 0.29) is 11.8 Å². The molecule has 0 atom stereocenters. The molecule has 3 aromatic rings. The summed E-state index contributed by atoms with van der Waals surface area (Å²) in [6.07, 6.45) is 5.78. The molecular weight excluding hydrogens is 490 g/mol. The topological polar surface area (TPSA) is 58.2 Å². The number of hydrogen-bond acceptors (Lipinski definition) is 2. The van der Waals surface area contributed by atoms with Crippen molar-refractivity contribution in [1.82, 2.24) is 0 Å². The van der Waals surface area contributed by atoms with Crippen molar-refractivity contribution in [2.75, 3.05) is 10.6 Å². The Kier molecular flexibility index (Phi) is 8.37. The van der Waals surface area contributed by atoms with E-state index in [0.29, 0.717) is 42.6 Å². The van der Waals surface area contributed by atoms with Gasteiger partial charge in [-0.25, -0.2) is 0 Å². The van der Waals surface area contributed by atoms with Crippen LogP contribution in [0, 0.1) is 0 Å². The zero-order chi connectivity index (χ0) is 23.1. The van der Waals surface area contributed by atoms with Crippen molar-refractivity contribution in [2.45, 2.75) is 0 Å². The van der Waals surface area contributed by atoms with E-state index >= 15 is 0 Å². The Balaban J connectivity index is 1.58. The molecule has 0 bridgehead atoms. The first-order valence-electron chi connectivity index (χ1n) is 9.29. The fraction of sp³-hybridized carbons (Fsp3) is 0. The van der Waals surface area contributed by atoms with E-state index < -0.39 is 0 Å². The maximum absolute atomic E-state index is 12.2. The molecule has 8 heteroatoms. The summed E-state index contributed by atoms with van der Waals surface area (Å²) in [5.41, 5.74) is 2.24. The van der Waals surface area contributed by atoms with Gasteiger partial charge in [-0.2, -0.15) is 0 Å². The van der Waals surface area contributed by atoms with Crippen molar-refractivity contribution in [2.24, 2.45) is 0 Å². The van der Waals surface area contributed by atoms with Gasteiger partial charge in [-0.05, 0) is 60.7 Å². The Bertz CT molecular complexity index is 1070. The van der Waals surface area contributed by atoms with Crippen molar-refractivity contribution < 1.29 is 9.59 Å². The van der Waals surface area contributed by atoms with Crippen LogP contribution >= 0.6 is 46.4 Å². The number of benzene rings is 3. The molecule has 3 rings (SSSR count). The first-order chi connectivity index (χ1) is 15.3. The molecule has 0 aliphatic carbocycles. The summed E-state index contributed by atoms with van der Waals surface area (Å²) in [5.74, 6) is -0.699. The highest BCUT2D eigenvalue weighted by molar-refractivity contribution is 6.37. The highest BCUT2D eigenvalue weighted by Gasteiger charge is 2.05. The molecule has 2 amide bonds. The molecule has 0 heterocycles. The number of carbonyl (C=O) groups is 2. The number of carbonyl (C=O) groups excluding carboxylic acids is 2. The predicted molar refractivity (Wildman–Crippen MR) is 135 cm³/mol. The van der Waals surface area contributed by atoms with E-state index in [2.05, 4.69) is 10.6 Å². The minimum atomic E-state index is -0.350. The van der Waals surface area contributed by atoms with Gasteiger partial charge in [-0.15, -0.1) is 0 Å². The van der Waals surface area contributed by atoms with Crippen LogP contribution in [-0.4, -0.2) is 11.8 Å². The summed E-state index contributed by atoms with van der Waals surface area (Å²) in [6.45, 7) is 0. The van der Waals surface area contributed by atoms with Gasteiger partial charge in [0.1, 0.15) is 0 Å². The van der Waals surface area contributed by atoms with Crippen molar-refractivity contribution in [3.63, 3.8) is 0 Å². The number of amides is 2. The number of nitrogens with one attached hydrogen (secondary N) is 2. The molecular formula is C24H16Cl4N2O2. The van der Waals surface area contributed by atoms with Gasteiger partial charge < -0.3 is 10.6 Å². The molecule has 32 heavy (non-hydrogen) atoms. The third-order valence-electron chi connectivity index (χ3n) is 4.22. The van der Waals surface area contributed by atoms with Gasteiger partial charge in [0, 0.05) is 54.7 Å². The molecule has 2 N–H and O–H groups in total. The third-order valence-corrected chi connectivity index (χ3v) is 5.54. The van der Waals surface area contributed by atoms with Crippen LogP contribution in [0.1, 0.15) is 11.1 Å². The fourth-order valence-corrected chi connectivity index (χ4v) is 3.71. The van der Waals surface area contributed by atoms with Gasteiger partial charge in [0.25, 0.3) is 0 Å². The SMILES string of the molecule is O=C(C=Cc1c(Cl)cccc1Cl)Nc1ccc(NC(=O)C=Cc2c(Cl)cccc2Cl)cc1. The Hall–Kier alpha value is -2.76. The van der Waals surface area contributed by atoms with Crippen LogP contribution in [0.15, 0.2) is 72.8 Å². The highest BCUT2D eigenvalue weighted by Crippen LogP contribution is 2.26. The lowest BCUT2D eigenvalue weighted by Crippen LogP contribution is -2.09. The smallest absolute Gasteiger partial charge is 0.248 e. The zero-order valence-corrected chi connectivity index (χ0v) is 19.4. The molecule has 0 aliphatic heterocycles. The lowest BCUT2D eigenvalue weighted by molar-refractivity contribution is -0.112. The first-order valence-corrected chi connectivity index (χ1v) is 10.8. The van der Waals surface area contributed by atoms with Gasteiger partial charge in [0.05, 0.1) is 0 Å². The average molecular weight is 506 g/mol. The van der Waals surface area contributed by atoms with E-state index in [1.165, 1.54) is 12.2 Å². The fourth-order valence-electron chi connectivity index (χ4n) is 2.66. The molecule has 0 aromatic heterocycles. The van der Waals surface area contributed by atoms with Crippen LogP contribution in [-0.2, 0) is 9.59 Å². The van der Waals surface area contributed by atoms with Gasteiger partial charge >= 0.3 is 0 Å². The van der Waals surface area contributed by atoms with E-state index in [4.69, 9.17) is 46.4 Å². The summed E-state index contributed by atoms with van der Waals surface area (Å²) in [7, 11) is 0. The van der Waals surface area contributed by atoms with E-state index in [9.17, 15) is 9.59 Å². The number of anilines is 2. The highest BCUT2D eigenvalue weighted by atomic mass is 35.5. The largest absolute Gasteiger partial charge is 0.323 e. The Labute approximate surface area is 205 Å². The molecule has 0 saturated heterocycles. The van der Waals surface area contributed by atoms with Crippen LogP contribution in [0.5, 0.6) is 0 Å². The van der Waals surface area contributed by atoms with Crippen molar-refractivity contribution in [1.29, 1.82) is 0 Å². The molecule has 0 radical (unpaired) electrons. The summed E-state index contributed by atoms with van der Waals surface area (Å²) in [4.78, 5) is 24.3. The third kappa shape index (κ3) is 6.62. The van der Waals surface area contributed by atoms with Crippen LogP contribution < -0.4 is 10.6 Å². The average Bonchev–Trinajstić information content (AvgIpc) is 2.74. The van der Waals surface area contributed by atoms with E-state index in [0.717, 1.165) is 0 Å². The van der Waals surface area contributed by atoms with E-state index in [1.54, 1.807) is 72.8 Å².